The summed E-state index contributed by atoms with van der Waals surface area (Å²) in [6.07, 6.45) is 6.88. The van der Waals surface area contributed by atoms with Crippen molar-refractivity contribution in [3.63, 3.8) is 0 Å². The first kappa shape index (κ1) is 19.4. The molecule has 5 aliphatic rings. The molecule has 6 nitrogen and oxygen atoms in total. The van der Waals surface area contributed by atoms with Gasteiger partial charge in [-0.3, -0.25) is 14.4 Å². The number of carbonyl (C=O) groups excluding carboxylic acids is 3. The van der Waals surface area contributed by atoms with Crippen LogP contribution < -0.4 is 0 Å². The number of esters is 1. The number of carbonyl (C=O) groups is 3. The molecule has 0 aromatic rings. The van der Waals surface area contributed by atoms with Gasteiger partial charge in [0, 0.05) is 24.2 Å². The lowest BCUT2D eigenvalue weighted by Gasteiger charge is -2.56. The molecule has 29 heavy (non-hydrogen) atoms. The van der Waals surface area contributed by atoms with Gasteiger partial charge in [-0.25, -0.2) is 0 Å². The first-order chi connectivity index (χ1) is 13.6. The van der Waals surface area contributed by atoms with Gasteiger partial charge in [0.2, 0.25) is 5.78 Å². The summed E-state index contributed by atoms with van der Waals surface area (Å²) in [7, 11) is 0. The highest BCUT2D eigenvalue weighted by molar-refractivity contribution is 5.92. The second-order valence-corrected chi connectivity index (χ2v) is 10.3. The maximum atomic E-state index is 12.9. The Morgan fingerprint density at radius 3 is 2.69 bits per heavy atom. The number of fused-ring (bicyclic) bond motifs is 3. The Bertz CT molecular complexity index is 846. The zero-order chi connectivity index (χ0) is 20.8. The lowest BCUT2D eigenvalue weighted by molar-refractivity contribution is -0.166. The van der Waals surface area contributed by atoms with Crippen LogP contribution in [0, 0.1) is 22.7 Å². The van der Waals surface area contributed by atoms with Crippen molar-refractivity contribution < 1.29 is 29.0 Å². The third-order valence-electron chi connectivity index (χ3n) is 9.35. The number of epoxide rings is 1. The molecule has 0 bridgehead atoms. The van der Waals surface area contributed by atoms with Gasteiger partial charge < -0.3 is 14.6 Å². The standard InChI is InChI=1S/C23H30O6/c1-13(24)28-12-18(26)22(27)9-7-16-17-5-4-14-10-15(25)6-8-20(14,2)23(17)19(29-23)11-21(16,22)3/h10,16-17,19,27H,4-9,11-12H2,1-3H3/t16-,17-,19-,20-,21-,22+,23-/m0/s1. The van der Waals surface area contributed by atoms with Crippen LogP contribution in [0.4, 0.5) is 0 Å². The van der Waals surface area contributed by atoms with Crippen molar-refractivity contribution in [2.45, 2.75) is 83.0 Å². The molecule has 7 atom stereocenters. The highest BCUT2D eigenvalue weighted by Crippen LogP contribution is 2.76. The largest absolute Gasteiger partial charge is 0.458 e. The molecule has 3 saturated carbocycles. The summed E-state index contributed by atoms with van der Waals surface area (Å²) < 4.78 is 11.4. The molecule has 5 rings (SSSR count). The summed E-state index contributed by atoms with van der Waals surface area (Å²) in [6.45, 7) is 5.18. The van der Waals surface area contributed by atoms with Crippen molar-refractivity contribution in [2.75, 3.05) is 6.61 Å². The summed E-state index contributed by atoms with van der Waals surface area (Å²) in [5.41, 5.74) is -1.22. The first-order valence-corrected chi connectivity index (χ1v) is 10.9. The fourth-order valence-electron chi connectivity index (χ4n) is 7.77. The lowest BCUT2D eigenvalue weighted by Crippen LogP contribution is -2.62. The molecule has 0 unspecified atom stereocenters. The van der Waals surface area contributed by atoms with Crippen molar-refractivity contribution in [2.24, 2.45) is 22.7 Å². The van der Waals surface area contributed by atoms with Crippen molar-refractivity contribution in [3.8, 4) is 0 Å². The monoisotopic (exact) mass is 402 g/mol. The third kappa shape index (κ3) is 2.22. The zero-order valence-corrected chi connectivity index (χ0v) is 17.5. The van der Waals surface area contributed by atoms with E-state index in [2.05, 4.69) is 6.92 Å². The van der Waals surface area contributed by atoms with E-state index in [-0.39, 0.29) is 41.3 Å². The van der Waals surface area contributed by atoms with E-state index in [4.69, 9.17) is 9.47 Å². The summed E-state index contributed by atoms with van der Waals surface area (Å²) in [4.78, 5) is 36.1. The molecule has 0 radical (unpaired) electrons. The van der Waals surface area contributed by atoms with Gasteiger partial charge in [-0.2, -0.15) is 0 Å². The summed E-state index contributed by atoms with van der Waals surface area (Å²) in [6, 6.07) is 0. The first-order valence-electron chi connectivity index (χ1n) is 10.9. The Labute approximate surface area is 171 Å². The van der Waals surface area contributed by atoms with E-state index in [1.807, 2.05) is 13.0 Å². The third-order valence-corrected chi connectivity index (χ3v) is 9.35. The van der Waals surface area contributed by atoms with Crippen LogP contribution in [-0.4, -0.2) is 46.6 Å². The Morgan fingerprint density at radius 1 is 1.21 bits per heavy atom. The van der Waals surface area contributed by atoms with Crippen molar-refractivity contribution in [1.82, 2.24) is 0 Å². The van der Waals surface area contributed by atoms with Crippen LogP contribution in [-0.2, 0) is 23.9 Å². The van der Waals surface area contributed by atoms with Crippen LogP contribution in [0.15, 0.2) is 11.6 Å². The quantitative estimate of drug-likeness (QED) is 0.576. The molecular formula is C23H30O6. The van der Waals surface area contributed by atoms with Gasteiger partial charge in [0.1, 0.15) is 11.2 Å². The minimum absolute atomic E-state index is 0.00167. The molecule has 0 aromatic heterocycles. The van der Waals surface area contributed by atoms with Crippen LogP contribution in [0.1, 0.15) is 65.7 Å². The summed E-state index contributed by atoms with van der Waals surface area (Å²) in [5.74, 6) is -0.227. The number of rotatable bonds is 3. The van der Waals surface area contributed by atoms with Crippen LogP contribution in [0.2, 0.25) is 0 Å². The van der Waals surface area contributed by atoms with E-state index in [1.54, 1.807) is 0 Å². The van der Waals surface area contributed by atoms with E-state index < -0.39 is 22.8 Å². The van der Waals surface area contributed by atoms with Crippen LogP contribution in [0.3, 0.4) is 0 Å². The Hall–Kier alpha value is -1.53. The fraction of sp³-hybridized carbons (Fsp3) is 0.783. The highest BCUT2D eigenvalue weighted by atomic mass is 16.6. The van der Waals surface area contributed by atoms with Crippen molar-refractivity contribution >= 4 is 17.5 Å². The minimum atomic E-state index is -1.48. The van der Waals surface area contributed by atoms with Gasteiger partial charge in [-0.15, -0.1) is 0 Å². The Morgan fingerprint density at radius 2 is 1.97 bits per heavy atom. The minimum Gasteiger partial charge on any atom is -0.458 e. The van der Waals surface area contributed by atoms with Crippen molar-refractivity contribution in [3.05, 3.63) is 11.6 Å². The van der Waals surface area contributed by atoms with Crippen molar-refractivity contribution in [1.29, 1.82) is 0 Å². The molecule has 4 aliphatic carbocycles. The Kier molecular flexibility index (Phi) is 3.88. The van der Waals surface area contributed by atoms with Gasteiger partial charge in [0.05, 0.1) is 6.10 Å². The molecule has 1 aliphatic heterocycles. The highest BCUT2D eigenvalue weighted by Gasteiger charge is 2.81. The molecule has 6 heteroatoms. The fourth-order valence-corrected chi connectivity index (χ4v) is 7.77. The number of Topliss-reactive ketones (excluding diaryl/α,β-unsaturated/α-hetero) is 1. The topological polar surface area (TPSA) is 93.2 Å². The lowest BCUT2D eigenvalue weighted by atomic mass is 9.46. The summed E-state index contributed by atoms with van der Waals surface area (Å²) >= 11 is 0. The smallest absolute Gasteiger partial charge is 0.303 e. The maximum Gasteiger partial charge on any atom is 0.303 e. The number of ether oxygens (including phenoxy) is 2. The molecule has 1 N–H and O–H groups in total. The van der Waals surface area contributed by atoms with Gasteiger partial charge in [0.15, 0.2) is 12.4 Å². The van der Waals surface area contributed by atoms with E-state index in [0.717, 1.165) is 25.7 Å². The average molecular weight is 402 g/mol. The second-order valence-electron chi connectivity index (χ2n) is 10.3. The van der Waals surface area contributed by atoms with Gasteiger partial charge in [0.25, 0.3) is 0 Å². The molecule has 4 fully saturated rings. The summed E-state index contributed by atoms with van der Waals surface area (Å²) in [5, 5.41) is 11.5. The van der Waals surface area contributed by atoms with Crippen LogP contribution in [0.25, 0.3) is 0 Å². The molecule has 1 spiro atoms. The van der Waals surface area contributed by atoms with Gasteiger partial charge >= 0.3 is 5.97 Å². The second kappa shape index (κ2) is 5.79. The zero-order valence-electron chi connectivity index (χ0n) is 17.5. The SMILES string of the molecule is CC(=O)OCC(=O)[C@]1(O)CC[C@H]2[C@@H]3CCC4=CC(=O)CC[C@]4(C)[C@]34O[C@H]4C[C@@]21C. The number of hydrogen-bond donors (Lipinski definition) is 1. The van der Waals surface area contributed by atoms with Crippen LogP contribution >= 0.6 is 0 Å². The molecular weight excluding hydrogens is 372 g/mol. The van der Waals surface area contributed by atoms with E-state index in [0.29, 0.717) is 19.3 Å². The number of aliphatic hydroxyl groups is 1. The van der Waals surface area contributed by atoms with Crippen LogP contribution in [0.5, 0.6) is 0 Å². The van der Waals surface area contributed by atoms with E-state index >= 15 is 0 Å². The van der Waals surface area contributed by atoms with Gasteiger partial charge in [-0.05, 0) is 56.4 Å². The predicted molar refractivity (Wildman–Crippen MR) is 103 cm³/mol. The molecule has 1 heterocycles. The Balaban J connectivity index is 1.48. The molecule has 0 aromatic carbocycles. The maximum absolute atomic E-state index is 12.9. The molecule has 0 amide bonds. The predicted octanol–water partition coefficient (Wildman–Crippen LogP) is 2.51. The molecule has 1 saturated heterocycles. The number of ketones is 2. The van der Waals surface area contributed by atoms with Gasteiger partial charge in [-0.1, -0.05) is 19.4 Å². The number of hydrogen-bond acceptors (Lipinski definition) is 6. The normalized spacial score (nSPS) is 49.9. The van der Waals surface area contributed by atoms with E-state index in [1.165, 1.54) is 12.5 Å². The van der Waals surface area contributed by atoms with E-state index in [9.17, 15) is 19.5 Å². The average Bonchev–Trinajstić information content (AvgIpc) is 3.32. The molecule has 158 valence electrons.